The zero-order valence-electron chi connectivity index (χ0n) is 9.21. The molecule has 0 aliphatic rings. The molecule has 16 heavy (non-hydrogen) atoms. The van der Waals surface area contributed by atoms with Gasteiger partial charge in [0.15, 0.2) is 9.84 Å². The Bertz CT molecular complexity index is 518. The first kappa shape index (κ1) is 13.1. The van der Waals surface area contributed by atoms with E-state index in [4.69, 9.17) is 5.73 Å². The summed E-state index contributed by atoms with van der Waals surface area (Å²) in [6, 6.07) is 1.56. The fourth-order valence-corrected chi connectivity index (χ4v) is 2.07. The van der Waals surface area contributed by atoms with Crippen LogP contribution in [0.2, 0.25) is 0 Å². The molecule has 0 amide bonds. The van der Waals surface area contributed by atoms with Crippen LogP contribution in [0.5, 0.6) is 0 Å². The van der Waals surface area contributed by atoms with Crippen LogP contribution < -0.4 is 5.73 Å². The highest BCUT2D eigenvalue weighted by Crippen LogP contribution is 2.26. The molecule has 1 rings (SSSR count). The van der Waals surface area contributed by atoms with E-state index in [9.17, 15) is 17.2 Å². The highest BCUT2D eigenvalue weighted by Gasteiger charge is 2.26. The van der Waals surface area contributed by atoms with Crippen LogP contribution in [0.4, 0.5) is 8.78 Å². The van der Waals surface area contributed by atoms with Gasteiger partial charge < -0.3 is 5.73 Å². The SMILES string of the molecule is CC(C)(N)c1cc(F)cc(S(C)(=O)=O)c1F. The molecule has 1 aromatic rings. The molecule has 0 unspecified atom stereocenters. The Labute approximate surface area is 93.2 Å². The lowest BCUT2D eigenvalue weighted by Gasteiger charge is -2.21. The third-order valence-electron chi connectivity index (χ3n) is 2.10. The number of halogens is 2. The van der Waals surface area contributed by atoms with Gasteiger partial charge in [-0.1, -0.05) is 0 Å². The lowest BCUT2D eigenvalue weighted by Crippen LogP contribution is -2.30. The molecule has 0 spiro atoms. The Kier molecular flexibility index (Phi) is 3.08. The molecule has 0 aromatic heterocycles. The van der Waals surface area contributed by atoms with Gasteiger partial charge >= 0.3 is 0 Å². The van der Waals surface area contributed by atoms with Crippen molar-refractivity contribution < 1.29 is 17.2 Å². The molecule has 0 saturated carbocycles. The maximum atomic E-state index is 13.8. The van der Waals surface area contributed by atoms with Gasteiger partial charge in [0.25, 0.3) is 0 Å². The molecular formula is C10H13F2NO2S. The molecule has 0 fully saturated rings. The summed E-state index contributed by atoms with van der Waals surface area (Å²) in [6.45, 7) is 2.94. The molecule has 0 aliphatic heterocycles. The molecule has 0 radical (unpaired) electrons. The highest BCUT2D eigenvalue weighted by molar-refractivity contribution is 7.90. The quantitative estimate of drug-likeness (QED) is 0.865. The summed E-state index contributed by atoms with van der Waals surface area (Å²) in [7, 11) is -3.81. The Morgan fingerprint density at radius 3 is 2.12 bits per heavy atom. The van der Waals surface area contributed by atoms with Gasteiger partial charge in [0.1, 0.15) is 16.5 Å². The second-order valence-electron chi connectivity index (χ2n) is 4.26. The summed E-state index contributed by atoms with van der Waals surface area (Å²) in [5.74, 6) is -1.81. The van der Waals surface area contributed by atoms with Crippen LogP contribution in [0.3, 0.4) is 0 Å². The van der Waals surface area contributed by atoms with Crippen molar-refractivity contribution in [2.24, 2.45) is 5.73 Å². The first-order chi connectivity index (χ1) is 7.03. The van der Waals surface area contributed by atoms with E-state index in [-0.39, 0.29) is 5.56 Å². The number of rotatable bonds is 2. The van der Waals surface area contributed by atoms with Gasteiger partial charge in [0.05, 0.1) is 0 Å². The second-order valence-corrected chi connectivity index (χ2v) is 6.24. The topological polar surface area (TPSA) is 60.2 Å². The van der Waals surface area contributed by atoms with Gasteiger partial charge in [-0.05, 0) is 26.0 Å². The molecule has 0 bridgehead atoms. The molecule has 6 heteroatoms. The zero-order chi connectivity index (χ0) is 12.7. The molecule has 3 nitrogen and oxygen atoms in total. The Morgan fingerprint density at radius 2 is 1.75 bits per heavy atom. The third-order valence-corrected chi connectivity index (χ3v) is 3.19. The first-order valence-corrected chi connectivity index (χ1v) is 6.41. The van der Waals surface area contributed by atoms with Crippen LogP contribution in [0.25, 0.3) is 0 Å². The van der Waals surface area contributed by atoms with Crippen LogP contribution >= 0.6 is 0 Å². The standard InChI is InChI=1S/C10H13F2NO2S/c1-10(2,13)7-4-6(11)5-8(9(7)12)16(3,14)15/h4-5H,13H2,1-3H3. The Morgan fingerprint density at radius 1 is 1.25 bits per heavy atom. The van der Waals surface area contributed by atoms with E-state index in [1.54, 1.807) is 0 Å². The monoisotopic (exact) mass is 249 g/mol. The van der Waals surface area contributed by atoms with Crippen molar-refractivity contribution in [3.63, 3.8) is 0 Å². The van der Waals surface area contributed by atoms with Gasteiger partial charge in [-0.15, -0.1) is 0 Å². The van der Waals surface area contributed by atoms with Crippen LogP contribution in [-0.4, -0.2) is 14.7 Å². The minimum absolute atomic E-state index is 0.159. The summed E-state index contributed by atoms with van der Waals surface area (Å²) in [4.78, 5) is -0.666. The molecule has 0 heterocycles. The highest BCUT2D eigenvalue weighted by atomic mass is 32.2. The van der Waals surface area contributed by atoms with Crippen molar-refractivity contribution in [2.75, 3.05) is 6.26 Å². The van der Waals surface area contributed by atoms with Gasteiger partial charge in [0.2, 0.25) is 0 Å². The van der Waals surface area contributed by atoms with Crippen LogP contribution in [0.15, 0.2) is 17.0 Å². The number of hydrogen-bond acceptors (Lipinski definition) is 3. The smallest absolute Gasteiger partial charge is 0.178 e. The predicted molar refractivity (Wildman–Crippen MR) is 56.7 cm³/mol. The van der Waals surface area contributed by atoms with E-state index in [0.29, 0.717) is 6.07 Å². The second kappa shape index (κ2) is 3.78. The summed E-state index contributed by atoms with van der Waals surface area (Å²) >= 11 is 0. The molecule has 0 saturated heterocycles. The number of sulfone groups is 1. The summed E-state index contributed by atoms with van der Waals surface area (Å²) in [5, 5.41) is 0. The van der Waals surface area contributed by atoms with Gasteiger partial charge in [-0.25, -0.2) is 17.2 Å². The van der Waals surface area contributed by atoms with Crippen molar-refractivity contribution in [3.05, 3.63) is 29.3 Å². The van der Waals surface area contributed by atoms with Gasteiger partial charge in [0, 0.05) is 17.4 Å². The van der Waals surface area contributed by atoms with E-state index < -0.39 is 31.9 Å². The van der Waals surface area contributed by atoms with Crippen molar-refractivity contribution in [1.29, 1.82) is 0 Å². The summed E-state index contributed by atoms with van der Waals surface area (Å²) in [6.07, 6.45) is 0.818. The summed E-state index contributed by atoms with van der Waals surface area (Å²) < 4.78 is 49.5. The number of hydrogen-bond donors (Lipinski definition) is 1. The lowest BCUT2D eigenvalue weighted by molar-refractivity contribution is 0.476. The average molecular weight is 249 g/mol. The van der Waals surface area contributed by atoms with Crippen molar-refractivity contribution in [1.82, 2.24) is 0 Å². The zero-order valence-corrected chi connectivity index (χ0v) is 10.0. The minimum atomic E-state index is -3.81. The number of nitrogens with two attached hydrogens (primary N) is 1. The Hall–Kier alpha value is -1.01. The lowest BCUT2D eigenvalue weighted by atomic mass is 9.95. The van der Waals surface area contributed by atoms with E-state index in [1.807, 2.05) is 0 Å². The maximum absolute atomic E-state index is 13.8. The molecule has 1 aromatic carbocycles. The largest absolute Gasteiger partial charge is 0.322 e. The van der Waals surface area contributed by atoms with Gasteiger partial charge in [-0.2, -0.15) is 0 Å². The van der Waals surface area contributed by atoms with Crippen molar-refractivity contribution in [2.45, 2.75) is 24.3 Å². The molecule has 2 N–H and O–H groups in total. The minimum Gasteiger partial charge on any atom is -0.322 e. The van der Waals surface area contributed by atoms with E-state index >= 15 is 0 Å². The summed E-state index contributed by atoms with van der Waals surface area (Å²) in [5.41, 5.74) is 4.33. The molecule has 90 valence electrons. The van der Waals surface area contributed by atoms with Gasteiger partial charge in [-0.3, -0.25) is 0 Å². The van der Waals surface area contributed by atoms with Crippen LogP contribution in [-0.2, 0) is 15.4 Å². The first-order valence-electron chi connectivity index (χ1n) is 4.52. The van der Waals surface area contributed by atoms with Crippen LogP contribution in [0, 0.1) is 11.6 Å². The third kappa shape index (κ3) is 2.56. The molecular weight excluding hydrogens is 236 g/mol. The van der Waals surface area contributed by atoms with E-state index in [2.05, 4.69) is 0 Å². The molecule has 0 aliphatic carbocycles. The fraction of sp³-hybridized carbons (Fsp3) is 0.400. The fourth-order valence-electron chi connectivity index (χ4n) is 1.30. The predicted octanol–water partition coefficient (Wildman–Crippen LogP) is 1.56. The van der Waals surface area contributed by atoms with Crippen LogP contribution in [0.1, 0.15) is 19.4 Å². The van der Waals surface area contributed by atoms with E-state index in [0.717, 1.165) is 12.3 Å². The number of benzene rings is 1. The average Bonchev–Trinajstić information content (AvgIpc) is 2.04. The van der Waals surface area contributed by atoms with Crippen molar-refractivity contribution in [3.8, 4) is 0 Å². The Balaban J connectivity index is 3.64. The van der Waals surface area contributed by atoms with E-state index in [1.165, 1.54) is 13.8 Å². The molecule has 0 atom stereocenters. The normalized spacial score (nSPS) is 12.9. The maximum Gasteiger partial charge on any atom is 0.178 e. The van der Waals surface area contributed by atoms with Crippen molar-refractivity contribution >= 4 is 9.84 Å².